The van der Waals surface area contributed by atoms with Crippen molar-refractivity contribution in [1.82, 2.24) is 9.13 Å². The van der Waals surface area contributed by atoms with E-state index in [2.05, 4.69) is 62.7 Å². The highest BCUT2D eigenvalue weighted by Gasteiger charge is 2.64. The number of hydrogen-bond acceptors (Lipinski definition) is 10. The maximum absolute atomic E-state index is 13.0. The molecule has 0 amide bonds. The van der Waals surface area contributed by atoms with Crippen molar-refractivity contribution in [2.24, 2.45) is 10.8 Å². The molecule has 4 fully saturated rings. The molecule has 0 radical (unpaired) electrons. The molecule has 0 spiro atoms. The number of aromatic nitrogens is 2. The van der Waals surface area contributed by atoms with E-state index in [0.717, 1.165) is 93.4 Å². The first-order valence-corrected chi connectivity index (χ1v) is 29.0. The van der Waals surface area contributed by atoms with Gasteiger partial charge in [-0.25, -0.2) is 9.59 Å². The molecule has 12 rings (SSSR count). The summed E-state index contributed by atoms with van der Waals surface area (Å²) in [5.74, 6) is 0.929. The average molecular weight is 1150 g/mol. The number of fused-ring (bicyclic) bond motifs is 14. The van der Waals surface area contributed by atoms with Crippen molar-refractivity contribution >= 4 is 90.2 Å². The van der Waals surface area contributed by atoms with Gasteiger partial charge in [-0.2, -0.15) is 0 Å². The minimum atomic E-state index is -1.14. The number of ether oxygens (including phenoxy) is 4. The van der Waals surface area contributed by atoms with Crippen LogP contribution in [0.15, 0.2) is 72.8 Å². The third-order valence-corrected chi connectivity index (χ3v) is 18.1. The summed E-state index contributed by atoms with van der Waals surface area (Å²) >= 11 is 15.3. The Morgan fingerprint density at radius 2 is 0.925 bits per heavy atom. The van der Waals surface area contributed by atoms with E-state index in [1.165, 1.54) is 55.3 Å². The van der Waals surface area contributed by atoms with Gasteiger partial charge in [0.2, 0.25) is 5.24 Å². The number of rotatable bonds is 9. The Morgan fingerprint density at radius 1 is 0.537 bits per heavy atom. The number of halogens is 3. The molecule has 6 aliphatic rings. The number of aliphatic carboxylic acids is 1. The highest BCUT2D eigenvalue weighted by molar-refractivity contribution is 6.97. The fourth-order valence-electron chi connectivity index (χ4n) is 13.5. The predicted octanol–water partition coefficient (Wildman–Crippen LogP) is 15.0. The van der Waals surface area contributed by atoms with Crippen molar-refractivity contribution in [2.75, 3.05) is 14.2 Å². The van der Waals surface area contributed by atoms with Crippen molar-refractivity contribution < 1.29 is 52.8 Å². The van der Waals surface area contributed by atoms with Gasteiger partial charge in [0.05, 0.1) is 47.6 Å². The lowest BCUT2D eigenvalue weighted by molar-refractivity contribution is -0.144. The Balaban J connectivity index is 0.000000164. The molecule has 13 nitrogen and oxygen atoms in total. The minimum Gasteiger partial charge on any atom is -0.497 e. The summed E-state index contributed by atoms with van der Waals surface area (Å²) in [5.41, 5.74) is 9.63. The number of methoxy groups -OCH3 is 2. The number of carbonyl (C=O) groups is 6. The highest BCUT2D eigenvalue weighted by atomic mass is 35.5. The van der Waals surface area contributed by atoms with Gasteiger partial charge in [-0.3, -0.25) is 19.2 Å². The van der Waals surface area contributed by atoms with Crippen molar-refractivity contribution in [3.05, 3.63) is 106 Å². The number of carboxylic acids is 1. The lowest BCUT2D eigenvalue weighted by Gasteiger charge is -2.24. The van der Waals surface area contributed by atoms with Crippen LogP contribution in [0.25, 0.3) is 44.3 Å². The van der Waals surface area contributed by atoms with Gasteiger partial charge < -0.3 is 33.2 Å². The lowest BCUT2D eigenvalue weighted by atomic mass is 9.81. The Morgan fingerprint density at radius 3 is 1.29 bits per heavy atom. The summed E-state index contributed by atoms with van der Waals surface area (Å²) in [6.45, 7) is 12.1. The van der Waals surface area contributed by atoms with Gasteiger partial charge in [0, 0.05) is 57.9 Å². The van der Waals surface area contributed by atoms with Crippen LogP contribution in [0.2, 0.25) is 0 Å². The number of esters is 2. The molecule has 4 aliphatic carbocycles. The predicted molar refractivity (Wildman–Crippen MR) is 310 cm³/mol. The van der Waals surface area contributed by atoms with Crippen LogP contribution >= 0.6 is 34.8 Å². The summed E-state index contributed by atoms with van der Waals surface area (Å²) in [6.07, 6.45) is 13.2. The largest absolute Gasteiger partial charge is 0.497 e. The van der Waals surface area contributed by atoms with E-state index in [1.807, 2.05) is 84.0 Å². The van der Waals surface area contributed by atoms with E-state index in [0.29, 0.717) is 42.5 Å². The summed E-state index contributed by atoms with van der Waals surface area (Å²) in [5, 5.41) is 10.1. The maximum atomic E-state index is 13.0. The van der Waals surface area contributed by atoms with Crippen LogP contribution in [0.1, 0.15) is 185 Å². The van der Waals surface area contributed by atoms with E-state index in [9.17, 15) is 33.9 Å². The van der Waals surface area contributed by atoms with E-state index in [-0.39, 0.29) is 29.0 Å². The molecule has 4 unspecified atom stereocenters. The van der Waals surface area contributed by atoms with Gasteiger partial charge >= 0.3 is 28.4 Å². The molecule has 80 heavy (non-hydrogen) atoms. The van der Waals surface area contributed by atoms with Crippen molar-refractivity contribution in [1.29, 1.82) is 0 Å². The molecule has 2 aromatic heterocycles. The first-order chi connectivity index (χ1) is 37.9. The summed E-state index contributed by atoms with van der Waals surface area (Å²) < 4.78 is 27.0. The SMILES string of the molecule is COc1ccc2c(c1)C1CC1(C(=O)Cl)Cn1c-2c(C2CCCCC2)c2ccc(C(=O)OC(C)(C)C)cc21.COc1ccc2c(c1)C1CC1(C(=O)O)Cn1c-2c(C2CCCCC2)c2ccc(C(=O)OC(C)(C)C)cc21.O=C(Cl)C(=O)Cl. The zero-order chi connectivity index (χ0) is 57.4. The van der Waals surface area contributed by atoms with Gasteiger partial charge in [0.25, 0.3) is 0 Å². The highest BCUT2D eigenvalue weighted by Crippen LogP contribution is 2.67. The molecule has 422 valence electrons. The van der Waals surface area contributed by atoms with E-state index in [1.54, 1.807) is 14.2 Å². The summed E-state index contributed by atoms with van der Waals surface area (Å²) in [4.78, 5) is 70.5. The van der Waals surface area contributed by atoms with Crippen LogP contribution in [0.5, 0.6) is 11.5 Å². The normalized spacial score (nSPS) is 21.8. The Bertz CT molecular complexity index is 3280. The first kappa shape index (κ1) is 57.1. The van der Waals surface area contributed by atoms with Crippen LogP contribution < -0.4 is 9.47 Å². The van der Waals surface area contributed by atoms with Crippen LogP contribution in [0, 0.1) is 10.8 Å². The van der Waals surface area contributed by atoms with E-state index < -0.39 is 38.5 Å². The van der Waals surface area contributed by atoms with Crippen molar-refractivity contribution in [3.8, 4) is 34.0 Å². The second-order valence-corrected chi connectivity index (χ2v) is 25.7. The molecule has 4 heterocycles. The van der Waals surface area contributed by atoms with Crippen LogP contribution in [0.4, 0.5) is 0 Å². The van der Waals surface area contributed by atoms with Crippen molar-refractivity contribution in [2.45, 2.75) is 167 Å². The molecule has 6 aromatic rings. The molecule has 4 aromatic carbocycles. The van der Waals surface area contributed by atoms with Gasteiger partial charge in [-0.05, 0) is 210 Å². The quantitative estimate of drug-likeness (QED) is 0.0830. The topological polar surface area (TPSA) is 169 Å². The van der Waals surface area contributed by atoms with Crippen molar-refractivity contribution in [3.63, 3.8) is 0 Å². The number of nitrogens with zero attached hydrogens (tertiary/aromatic N) is 2. The second-order valence-electron chi connectivity index (χ2n) is 24.7. The first-order valence-electron chi connectivity index (χ1n) is 27.9. The van der Waals surface area contributed by atoms with Crippen LogP contribution in [0.3, 0.4) is 0 Å². The van der Waals surface area contributed by atoms with Gasteiger partial charge in [0.1, 0.15) is 22.7 Å². The second kappa shape index (κ2) is 21.6. The molecule has 0 saturated heterocycles. The minimum absolute atomic E-state index is 0.0571. The summed E-state index contributed by atoms with van der Waals surface area (Å²) in [6, 6.07) is 24.1. The number of carbonyl (C=O) groups excluding carboxylic acids is 5. The van der Waals surface area contributed by atoms with E-state index >= 15 is 0 Å². The molecule has 2 aliphatic heterocycles. The molecule has 16 heteroatoms. The molecule has 0 bridgehead atoms. The van der Waals surface area contributed by atoms with Gasteiger partial charge in [-0.15, -0.1) is 0 Å². The zero-order valence-corrected chi connectivity index (χ0v) is 49.0. The monoisotopic (exact) mass is 1150 g/mol. The van der Waals surface area contributed by atoms with Crippen LogP contribution in [-0.2, 0) is 41.7 Å². The third kappa shape index (κ3) is 10.7. The Labute approximate surface area is 481 Å². The lowest BCUT2D eigenvalue weighted by Crippen LogP contribution is -2.24. The number of benzene rings is 4. The average Bonchev–Trinajstić information content (AvgIpc) is 4.02. The van der Waals surface area contributed by atoms with Crippen LogP contribution in [-0.4, -0.2) is 73.3 Å². The molecular formula is C64H69Cl3N2O11. The molecule has 4 atom stereocenters. The third-order valence-electron chi connectivity index (χ3n) is 17.3. The zero-order valence-electron chi connectivity index (χ0n) is 46.7. The molecule has 4 saturated carbocycles. The van der Waals surface area contributed by atoms with Gasteiger partial charge in [-0.1, -0.05) is 50.7 Å². The summed E-state index contributed by atoms with van der Waals surface area (Å²) in [7, 11) is 3.33. The smallest absolute Gasteiger partial charge is 0.338 e. The van der Waals surface area contributed by atoms with Gasteiger partial charge in [0.15, 0.2) is 0 Å². The fourth-order valence-corrected chi connectivity index (χ4v) is 13.7. The Kier molecular flexibility index (Phi) is 15.4. The van der Waals surface area contributed by atoms with E-state index in [4.69, 9.17) is 30.5 Å². The number of carboxylic acid groups (broad SMARTS) is 1. The number of hydrogen-bond donors (Lipinski definition) is 1. The standard InChI is InChI=1S/C31H34ClNO4.C31H35NO5.C2Cl2O2/c1-30(2,3)37-28(34)19-10-12-22-25(14-19)33-17-31(29(32)35)16-24(31)23-15-20(36-4)11-13-21(23)27(33)26(22)18-8-6-5-7-9-18;1-30(2,3)37-28(33)19-10-12-22-25(14-19)32-17-31(29(34)35)16-24(31)23-15-20(36-4)11-13-21(23)27(32)26(22)18-8-6-5-7-9-18;3-1(5)2(4)6/h10-15,18,24H,5-9,16-17H2,1-4H3;10-15,18,24H,5-9,16-17H2,1-4H3,(H,34,35);. The maximum Gasteiger partial charge on any atom is 0.338 e. The molecular weight excluding hydrogens is 1080 g/mol. The molecule has 1 N–H and O–H groups in total. The fraction of sp³-hybridized carbons (Fsp3) is 0.469. The Hall–Kier alpha value is -6.15.